The lowest BCUT2D eigenvalue weighted by molar-refractivity contribution is -0.121. The number of hydrogen-bond donors (Lipinski definition) is 3. The van der Waals surface area contributed by atoms with Crippen LogP contribution in [0.2, 0.25) is 0 Å². The van der Waals surface area contributed by atoms with Gasteiger partial charge in [0, 0.05) is 24.1 Å². The Morgan fingerprint density at radius 3 is 2.24 bits per heavy atom. The van der Waals surface area contributed by atoms with Crippen molar-refractivity contribution < 1.29 is 30.8 Å². The molecule has 0 fully saturated rings. The zero-order chi connectivity index (χ0) is 27.9. The molecule has 0 aliphatic rings. The van der Waals surface area contributed by atoms with Crippen LogP contribution in [0.4, 0.5) is 5.69 Å². The van der Waals surface area contributed by atoms with Crippen LogP contribution >= 0.6 is 15.9 Å². The largest absolute Gasteiger partial charge is 0.459 e. The summed E-state index contributed by atoms with van der Waals surface area (Å²) in [5.74, 6) is -0.435. The monoisotopic (exact) mass is 625 g/mol. The number of nitrogens with zero attached hydrogens (tertiary/aromatic N) is 2. The van der Waals surface area contributed by atoms with Gasteiger partial charge in [0.1, 0.15) is 11.5 Å². The summed E-state index contributed by atoms with van der Waals surface area (Å²) in [5, 5.41) is 6.28. The number of rotatable bonds is 11. The van der Waals surface area contributed by atoms with E-state index in [0.29, 0.717) is 11.4 Å². The van der Waals surface area contributed by atoms with Crippen molar-refractivity contribution in [1.82, 2.24) is 14.5 Å². The second-order valence-electron chi connectivity index (χ2n) is 7.84. The third-order valence-electron chi connectivity index (χ3n) is 4.87. The fourth-order valence-electron chi connectivity index (χ4n) is 3.01. The Labute approximate surface area is 228 Å². The maximum Gasteiger partial charge on any atom is 0.255 e. The Kier molecular flexibility index (Phi) is 9.56. The zero-order valence-electron chi connectivity index (χ0n) is 20.2. The van der Waals surface area contributed by atoms with E-state index in [-0.39, 0.29) is 28.0 Å². The fourth-order valence-corrected chi connectivity index (χ4v) is 5.39. The number of carbonyl (C=O) groups excluding carboxylic acids is 2. The molecule has 0 saturated heterocycles. The van der Waals surface area contributed by atoms with Gasteiger partial charge in [0.15, 0.2) is 0 Å². The Morgan fingerprint density at radius 1 is 0.974 bits per heavy atom. The van der Waals surface area contributed by atoms with E-state index < -0.39 is 32.5 Å². The molecule has 0 aliphatic heterocycles. The number of hydrazone groups is 1. The number of anilines is 1. The summed E-state index contributed by atoms with van der Waals surface area (Å²) in [6.45, 7) is 0.724. The first kappa shape index (κ1) is 29.2. The van der Waals surface area contributed by atoms with Gasteiger partial charge in [-0.15, -0.1) is 0 Å². The van der Waals surface area contributed by atoms with Crippen molar-refractivity contribution >= 4 is 59.7 Å². The molecule has 1 heterocycles. The van der Waals surface area contributed by atoms with Gasteiger partial charge in [-0.25, -0.2) is 27.0 Å². The van der Waals surface area contributed by atoms with E-state index in [9.17, 15) is 26.4 Å². The lowest BCUT2D eigenvalue weighted by atomic mass is 10.3. The number of halogens is 1. The normalized spacial score (nSPS) is 12.1. The zero-order valence-corrected chi connectivity index (χ0v) is 23.4. The van der Waals surface area contributed by atoms with Crippen molar-refractivity contribution in [2.45, 2.75) is 23.3 Å². The van der Waals surface area contributed by atoms with E-state index in [4.69, 9.17) is 4.42 Å². The van der Waals surface area contributed by atoms with Gasteiger partial charge in [-0.3, -0.25) is 9.59 Å². The van der Waals surface area contributed by atoms with Gasteiger partial charge >= 0.3 is 0 Å². The smallest absolute Gasteiger partial charge is 0.255 e. The van der Waals surface area contributed by atoms with Gasteiger partial charge in [-0.05, 0) is 60.7 Å². The molecular weight excluding hydrogens is 602 g/mol. The highest BCUT2D eigenvalue weighted by molar-refractivity contribution is 9.10. The molecule has 0 saturated carbocycles. The Hall–Kier alpha value is -3.37. The first-order valence-corrected chi connectivity index (χ1v) is 14.6. The number of furan rings is 1. The van der Waals surface area contributed by atoms with E-state index in [2.05, 4.69) is 36.5 Å². The summed E-state index contributed by atoms with van der Waals surface area (Å²) in [4.78, 5) is 23.3. The summed E-state index contributed by atoms with van der Waals surface area (Å²) >= 11 is 3.25. The van der Waals surface area contributed by atoms with Crippen LogP contribution < -0.4 is 15.5 Å². The lowest BCUT2D eigenvalue weighted by Crippen LogP contribution is -2.36. The molecule has 0 bridgehead atoms. The summed E-state index contributed by atoms with van der Waals surface area (Å²) in [5.41, 5.74) is 2.65. The molecule has 3 aromatic rings. The molecule has 12 nitrogen and oxygen atoms in total. The van der Waals surface area contributed by atoms with Crippen molar-refractivity contribution in [2.75, 3.05) is 18.9 Å². The molecular formula is C23H24BrN5O7S2. The highest BCUT2D eigenvalue weighted by atomic mass is 79.9. The number of sulfonamides is 2. The van der Waals surface area contributed by atoms with E-state index in [1.807, 2.05) is 0 Å². The van der Waals surface area contributed by atoms with Crippen LogP contribution in [0.1, 0.15) is 18.4 Å². The van der Waals surface area contributed by atoms with Gasteiger partial charge in [0.2, 0.25) is 26.0 Å². The van der Waals surface area contributed by atoms with Crippen LogP contribution in [0.3, 0.4) is 0 Å². The number of benzene rings is 2. The molecule has 3 N–H and O–H groups in total. The van der Waals surface area contributed by atoms with Gasteiger partial charge in [0.05, 0.1) is 29.1 Å². The van der Waals surface area contributed by atoms with E-state index in [1.54, 1.807) is 18.2 Å². The van der Waals surface area contributed by atoms with Crippen LogP contribution in [0.15, 0.2) is 84.4 Å². The summed E-state index contributed by atoms with van der Waals surface area (Å²) in [7, 11) is -6.46. The van der Waals surface area contributed by atoms with Crippen LogP contribution in [0.25, 0.3) is 0 Å². The predicted molar refractivity (Wildman–Crippen MR) is 143 cm³/mol. The molecule has 3 rings (SSSR count). The fraction of sp³-hybridized carbons (Fsp3) is 0.174. The highest BCUT2D eigenvalue weighted by Crippen LogP contribution is 2.18. The SMILES string of the molecule is CC(=O)Nc1ccc(S(=O)(=O)N(C)CC(=O)N/N=C\c2ccc(CNS(=O)(=O)c3ccc(Br)cc3)o2)cc1. The van der Waals surface area contributed by atoms with Crippen LogP contribution in [0.5, 0.6) is 0 Å². The Bertz CT molecular complexity index is 1540. The van der Waals surface area contributed by atoms with E-state index in [0.717, 1.165) is 8.78 Å². The maximum atomic E-state index is 12.7. The van der Waals surface area contributed by atoms with Crippen molar-refractivity contribution in [2.24, 2.45) is 5.10 Å². The topological polar surface area (TPSA) is 167 Å². The molecule has 1 aromatic heterocycles. The van der Waals surface area contributed by atoms with Crippen LogP contribution in [0, 0.1) is 0 Å². The minimum atomic E-state index is -3.96. The van der Waals surface area contributed by atoms with Crippen molar-refractivity contribution in [3.8, 4) is 0 Å². The molecule has 2 aromatic carbocycles. The Balaban J connectivity index is 1.51. The number of hydrogen-bond acceptors (Lipinski definition) is 8. The van der Waals surface area contributed by atoms with Gasteiger partial charge in [-0.2, -0.15) is 9.41 Å². The van der Waals surface area contributed by atoms with Crippen LogP contribution in [-0.4, -0.2) is 52.8 Å². The molecule has 0 atom stereocenters. The number of amides is 2. The molecule has 0 unspecified atom stereocenters. The van der Waals surface area contributed by atoms with Gasteiger partial charge in [-0.1, -0.05) is 15.9 Å². The van der Waals surface area contributed by atoms with Crippen LogP contribution in [-0.2, 0) is 36.2 Å². The third kappa shape index (κ3) is 8.06. The molecule has 0 radical (unpaired) electrons. The number of likely N-dealkylation sites (N-methyl/N-ethyl adjacent to an activating group) is 1. The minimum absolute atomic E-state index is 0.0516. The van der Waals surface area contributed by atoms with E-state index >= 15 is 0 Å². The average Bonchev–Trinajstić information content (AvgIpc) is 3.31. The maximum absolute atomic E-state index is 12.7. The van der Waals surface area contributed by atoms with Crippen molar-refractivity contribution in [3.63, 3.8) is 0 Å². The van der Waals surface area contributed by atoms with Crippen molar-refractivity contribution in [3.05, 3.63) is 76.7 Å². The first-order valence-electron chi connectivity index (χ1n) is 10.9. The molecule has 202 valence electrons. The quantitative estimate of drug-likeness (QED) is 0.217. The minimum Gasteiger partial charge on any atom is -0.459 e. The predicted octanol–water partition coefficient (Wildman–Crippen LogP) is 2.25. The first-order chi connectivity index (χ1) is 17.9. The second kappa shape index (κ2) is 12.4. The summed E-state index contributed by atoms with van der Waals surface area (Å²) in [6, 6.07) is 14.7. The van der Waals surface area contributed by atoms with Gasteiger partial charge in [0.25, 0.3) is 5.91 Å². The molecule has 0 spiro atoms. The summed E-state index contributed by atoms with van der Waals surface area (Å²) < 4.78 is 59.6. The highest BCUT2D eigenvalue weighted by Gasteiger charge is 2.23. The summed E-state index contributed by atoms with van der Waals surface area (Å²) in [6.07, 6.45) is 1.19. The Morgan fingerprint density at radius 2 is 1.61 bits per heavy atom. The third-order valence-corrected chi connectivity index (χ3v) is 8.64. The van der Waals surface area contributed by atoms with Gasteiger partial charge < -0.3 is 9.73 Å². The molecule has 15 heteroatoms. The average molecular weight is 627 g/mol. The molecule has 2 amide bonds. The second-order valence-corrected chi connectivity index (χ2v) is 12.6. The lowest BCUT2D eigenvalue weighted by Gasteiger charge is -2.16. The van der Waals surface area contributed by atoms with E-state index in [1.165, 1.54) is 62.7 Å². The standard InChI is InChI=1S/C23H24BrN5O7S2/c1-16(30)27-18-5-11-22(12-6-18)38(34,35)29(2)15-23(31)28-25-13-19-7-8-20(36-19)14-26-37(32,33)21-9-3-17(24)4-10-21/h3-13,26H,14-15H2,1-2H3,(H,27,30)(H,28,31)/b25-13-. The molecule has 38 heavy (non-hydrogen) atoms. The number of nitrogens with one attached hydrogen (secondary N) is 3. The number of carbonyl (C=O) groups is 2. The van der Waals surface area contributed by atoms with Crippen molar-refractivity contribution in [1.29, 1.82) is 0 Å². The molecule has 0 aliphatic carbocycles.